The molecule has 0 aliphatic carbocycles. The predicted molar refractivity (Wildman–Crippen MR) is 128 cm³/mol. The second-order valence-corrected chi connectivity index (χ2v) is 8.38. The van der Waals surface area contributed by atoms with Crippen LogP contribution in [0.5, 0.6) is 5.75 Å². The van der Waals surface area contributed by atoms with Crippen molar-refractivity contribution < 1.29 is 9.84 Å². The van der Waals surface area contributed by atoms with E-state index in [0.29, 0.717) is 12.5 Å². The second kappa shape index (κ2) is 9.54. The van der Waals surface area contributed by atoms with E-state index in [1.807, 2.05) is 33.3 Å². The van der Waals surface area contributed by atoms with Crippen LogP contribution in [0.4, 0.5) is 11.4 Å². The molecular weight excluding hydrogens is 388 g/mol. The van der Waals surface area contributed by atoms with Gasteiger partial charge in [-0.3, -0.25) is 0 Å². The lowest BCUT2D eigenvalue weighted by Gasteiger charge is -2.22. The van der Waals surface area contributed by atoms with Crippen LogP contribution in [0.25, 0.3) is 22.2 Å². The zero-order chi connectivity index (χ0) is 21.8. The standard InChI is InChI=1S/C25H32N4O2/c1-26-11-13-31-21-7-4-19(5-8-21)23-15-25(29-12-10-18(16-29)17-30)22-9-6-20(28(2)3)14-24(22)27-23/h4-9,14-15,18,26,30H,10-13,16-17H2,1-3H3. The van der Waals surface area contributed by atoms with E-state index in [2.05, 4.69) is 51.5 Å². The minimum Gasteiger partial charge on any atom is -0.492 e. The van der Waals surface area contributed by atoms with Crippen LogP contribution in [-0.2, 0) is 0 Å². The van der Waals surface area contributed by atoms with Crippen LogP contribution in [0.1, 0.15) is 6.42 Å². The fourth-order valence-corrected chi connectivity index (χ4v) is 4.08. The molecule has 31 heavy (non-hydrogen) atoms. The Balaban J connectivity index is 1.72. The number of nitrogens with one attached hydrogen (secondary N) is 1. The molecule has 2 N–H and O–H groups in total. The van der Waals surface area contributed by atoms with Crippen molar-refractivity contribution in [3.05, 3.63) is 48.5 Å². The van der Waals surface area contributed by atoms with E-state index in [9.17, 15) is 5.11 Å². The Morgan fingerprint density at radius 1 is 1.16 bits per heavy atom. The highest BCUT2D eigenvalue weighted by Gasteiger charge is 2.24. The van der Waals surface area contributed by atoms with Crippen LogP contribution in [0.15, 0.2) is 48.5 Å². The van der Waals surface area contributed by atoms with Gasteiger partial charge >= 0.3 is 0 Å². The summed E-state index contributed by atoms with van der Waals surface area (Å²) in [6.07, 6.45) is 1.02. The molecule has 2 aromatic carbocycles. The molecule has 164 valence electrons. The Bertz CT molecular complexity index is 1020. The molecule has 0 radical (unpaired) electrons. The van der Waals surface area contributed by atoms with Crippen molar-refractivity contribution in [2.45, 2.75) is 6.42 Å². The summed E-state index contributed by atoms with van der Waals surface area (Å²) in [4.78, 5) is 9.50. The van der Waals surface area contributed by atoms with Gasteiger partial charge in [-0.1, -0.05) is 0 Å². The minimum absolute atomic E-state index is 0.242. The van der Waals surface area contributed by atoms with Gasteiger partial charge < -0.3 is 25.0 Å². The van der Waals surface area contributed by atoms with E-state index in [-0.39, 0.29) is 6.61 Å². The number of aromatic nitrogens is 1. The summed E-state index contributed by atoms with van der Waals surface area (Å²) in [5.41, 5.74) is 5.33. The molecule has 1 atom stereocenters. The third-order valence-electron chi connectivity index (χ3n) is 5.94. The van der Waals surface area contributed by atoms with Crippen molar-refractivity contribution in [1.29, 1.82) is 0 Å². The summed E-state index contributed by atoms with van der Waals surface area (Å²) in [6.45, 7) is 3.53. The monoisotopic (exact) mass is 420 g/mol. The molecule has 0 amide bonds. The lowest BCUT2D eigenvalue weighted by Crippen LogP contribution is -2.21. The molecule has 0 spiro atoms. The zero-order valence-corrected chi connectivity index (χ0v) is 18.6. The molecule has 0 saturated carbocycles. The summed E-state index contributed by atoms with van der Waals surface area (Å²) in [5.74, 6) is 1.20. The molecule has 6 nitrogen and oxygen atoms in total. The third kappa shape index (κ3) is 4.75. The first-order valence-corrected chi connectivity index (χ1v) is 10.9. The smallest absolute Gasteiger partial charge is 0.119 e. The van der Waals surface area contributed by atoms with Crippen LogP contribution in [0, 0.1) is 5.92 Å². The number of rotatable bonds is 8. The molecule has 3 aromatic rings. The number of fused-ring (bicyclic) bond motifs is 1. The van der Waals surface area contributed by atoms with Gasteiger partial charge in [-0.25, -0.2) is 4.98 Å². The molecule has 2 heterocycles. The molecule has 1 fully saturated rings. The lowest BCUT2D eigenvalue weighted by molar-refractivity contribution is 0.238. The molecule has 6 heteroatoms. The van der Waals surface area contributed by atoms with Gasteiger partial charge in [-0.2, -0.15) is 0 Å². The highest BCUT2D eigenvalue weighted by atomic mass is 16.5. The van der Waals surface area contributed by atoms with Crippen LogP contribution in [-0.4, -0.2) is 64.1 Å². The number of hydrogen-bond acceptors (Lipinski definition) is 6. The number of likely N-dealkylation sites (N-methyl/N-ethyl adjacent to an activating group) is 1. The van der Waals surface area contributed by atoms with E-state index >= 15 is 0 Å². The van der Waals surface area contributed by atoms with Crippen LogP contribution in [0.3, 0.4) is 0 Å². The van der Waals surface area contributed by atoms with Crippen molar-refractivity contribution in [3.8, 4) is 17.0 Å². The molecular formula is C25H32N4O2. The Labute approximate surface area is 184 Å². The Morgan fingerprint density at radius 3 is 2.65 bits per heavy atom. The lowest BCUT2D eigenvalue weighted by atomic mass is 10.1. The van der Waals surface area contributed by atoms with Gasteiger partial charge in [-0.05, 0) is 62.0 Å². The first-order valence-electron chi connectivity index (χ1n) is 10.9. The maximum atomic E-state index is 9.62. The van der Waals surface area contributed by atoms with Crippen molar-refractivity contribution in [2.24, 2.45) is 5.92 Å². The highest BCUT2D eigenvalue weighted by molar-refractivity contribution is 5.96. The zero-order valence-electron chi connectivity index (χ0n) is 18.6. The fraction of sp³-hybridized carbons (Fsp3) is 0.400. The fourth-order valence-electron chi connectivity index (χ4n) is 4.08. The largest absolute Gasteiger partial charge is 0.492 e. The summed E-state index contributed by atoms with van der Waals surface area (Å²) < 4.78 is 5.76. The predicted octanol–water partition coefficient (Wildman–Crippen LogP) is 3.38. The number of nitrogens with zero attached hydrogens (tertiary/aromatic N) is 3. The molecule has 1 aliphatic rings. The maximum Gasteiger partial charge on any atom is 0.119 e. The maximum absolute atomic E-state index is 9.62. The van der Waals surface area contributed by atoms with Gasteiger partial charge in [0, 0.05) is 68.6 Å². The molecule has 0 bridgehead atoms. The second-order valence-electron chi connectivity index (χ2n) is 8.38. The summed E-state index contributed by atoms with van der Waals surface area (Å²) >= 11 is 0. The normalized spacial score (nSPS) is 16.1. The quantitative estimate of drug-likeness (QED) is 0.545. The van der Waals surface area contributed by atoms with Gasteiger partial charge in [0.05, 0.1) is 11.2 Å². The minimum atomic E-state index is 0.242. The van der Waals surface area contributed by atoms with Gasteiger partial charge in [0.2, 0.25) is 0 Å². The first-order chi connectivity index (χ1) is 15.1. The number of ether oxygens (including phenoxy) is 1. The topological polar surface area (TPSA) is 60.9 Å². The Morgan fingerprint density at radius 2 is 1.97 bits per heavy atom. The highest BCUT2D eigenvalue weighted by Crippen LogP contribution is 2.35. The van der Waals surface area contributed by atoms with E-state index in [1.165, 1.54) is 5.69 Å². The molecule has 1 saturated heterocycles. The van der Waals surface area contributed by atoms with Crippen molar-refractivity contribution >= 4 is 22.3 Å². The van der Waals surface area contributed by atoms with Gasteiger partial charge in [0.15, 0.2) is 0 Å². The number of aliphatic hydroxyl groups is 1. The number of anilines is 2. The van der Waals surface area contributed by atoms with Crippen LogP contribution in [0.2, 0.25) is 0 Å². The number of hydrogen-bond donors (Lipinski definition) is 2. The summed E-state index contributed by atoms with van der Waals surface area (Å²) in [6, 6.07) is 16.8. The average molecular weight is 421 g/mol. The van der Waals surface area contributed by atoms with Crippen molar-refractivity contribution in [2.75, 3.05) is 63.8 Å². The SMILES string of the molecule is CNCCOc1ccc(-c2cc(N3CCC(CO)C3)c3ccc(N(C)C)cc3n2)cc1. The summed E-state index contributed by atoms with van der Waals surface area (Å²) in [5, 5.41) is 13.9. The summed E-state index contributed by atoms with van der Waals surface area (Å²) in [7, 11) is 6.01. The van der Waals surface area contributed by atoms with Gasteiger partial charge in [0.1, 0.15) is 12.4 Å². The van der Waals surface area contributed by atoms with E-state index in [4.69, 9.17) is 9.72 Å². The Kier molecular flexibility index (Phi) is 6.59. The number of pyridine rings is 1. The average Bonchev–Trinajstić information content (AvgIpc) is 3.28. The van der Waals surface area contributed by atoms with E-state index < -0.39 is 0 Å². The van der Waals surface area contributed by atoms with Crippen molar-refractivity contribution in [3.63, 3.8) is 0 Å². The Hall–Kier alpha value is -2.83. The van der Waals surface area contributed by atoms with E-state index in [1.54, 1.807) is 0 Å². The van der Waals surface area contributed by atoms with Crippen LogP contribution >= 0.6 is 0 Å². The molecule has 1 aromatic heterocycles. The molecule has 1 aliphatic heterocycles. The number of benzene rings is 2. The van der Waals surface area contributed by atoms with Gasteiger partial charge in [-0.15, -0.1) is 0 Å². The molecule has 1 unspecified atom stereocenters. The first kappa shape index (κ1) is 21.4. The van der Waals surface area contributed by atoms with Crippen molar-refractivity contribution in [1.82, 2.24) is 10.3 Å². The van der Waals surface area contributed by atoms with Crippen LogP contribution < -0.4 is 19.9 Å². The van der Waals surface area contributed by atoms with E-state index in [0.717, 1.165) is 59.7 Å². The van der Waals surface area contributed by atoms with Gasteiger partial charge in [0.25, 0.3) is 0 Å². The third-order valence-corrected chi connectivity index (χ3v) is 5.94. The number of aliphatic hydroxyl groups excluding tert-OH is 1. The molecule has 4 rings (SSSR count).